The van der Waals surface area contributed by atoms with Gasteiger partial charge in [-0.25, -0.2) is 9.78 Å². The molecule has 0 bridgehead atoms. The molecule has 0 atom stereocenters. The first-order valence-corrected chi connectivity index (χ1v) is 12.4. The van der Waals surface area contributed by atoms with Gasteiger partial charge in [0.05, 0.1) is 17.8 Å². The van der Waals surface area contributed by atoms with Crippen molar-refractivity contribution in [3.63, 3.8) is 0 Å². The minimum absolute atomic E-state index is 0.00349. The Hall–Kier alpha value is -2.78. The van der Waals surface area contributed by atoms with Gasteiger partial charge in [-0.3, -0.25) is 14.9 Å². The van der Waals surface area contributed by atoms with E-state index in [1.54, 1.807) is 16.3 Å². The summed E-state index contributed by atoms with van der Waals surface area (Å²) in [6, 6.07) is 5.03. The third-order valence-corrected chi connectivity index (χ3v) is 6.69. The van der Waals surface area contributed by atoms with E-state index in [9.17, 15) is 14.4 Å². The number of nitrogens with zero attached hydrogens (tertiary/aromatic N) is 2. The summed E-state index contributed by atoms with van der Waals surface area (Å²) in [4.78, 5) is 44.3. The highest BCUT2D eigenvalue weighted by atomic mass is 32.1. The first kappa shape index (κ1) is 24.9. The molecule has 9 heteroatoms. The zero-order chi connectivity index (χ0) is 23.8. The lowest BCUT2D eigenvalue weighted by Crippen LogP contribution is -2.37. The van der Waals surface area contributed by atoms with Gasteiger partial charge in [-0.15, -0.1) is 11.3 Å². The van der Waals surface area contributed by atoms with Crippen molar-refractivity contribution in [3.05, 3.63) is 40.4 Å². The van der Waals surface area contributed by atoms with E-state index in [1.165, 1.54) is 11.3 Å². The second kappa shape index (κ2) is 11.9. The molecule has 1 aromatic carbocycles. The molecule has 3 amide bonds. The number of anilines is 2. The minimum Gasteiger partial charge on any atom is -0.341 e. The third kappa shape index (κ3) is 6.85. The number of carbonyl (C=O) groups excluding carboxylic acids is 3. The normalized spacial score (nSPS) is 13.7. The van der Waals surface area contributed by atoms with E-state index in [0.29, 0.717) is 35.2 Å². The molecule has 0 radical (unpaired) electrons. The van der Waals surface area contributed by atoms with Gasteiger partial charge in [-0.2, -0.15) is 0 Å². The zero-order valence-electron chi connectivity index (χ0n) is 19.6. The van der Waals surface area contributed by atoms with Crippen LogP contribution in [0.3, 0.4) is 0 Å². The lowest BCUT2D eigenvalue weighted by molar-refractivity contribution is -0.130. The molecule has 3 N–H and O–H groups in total. The summed E-state index contributed by atoms with van der Waals surface area (Å²) < 4.78 is 0. The first-order valence-electron chi connectivity index (χ1n) is 11.5. The molecule has 8 nitrogen and oxygen atoms in total. The van der Waals surface area contributed by atoms with Crippen LogP contribution in [0.15, 0.2) is 23.6 Å². The highest BCUT2D eigenvalue weighted by Crippen LogP contribution is 2.31. The molecule has 1 aromatic heterocycles. The second-order valence-electron chi connectivity index (χ2n) is 8.37. The number of amides is 3. The Bertz CT molecular complexity index is 984. The number of likely N-dealkylation sites (N-methyl/N-ethyl adjacent to an activating group) is 2. The van der Waals surface area contributed by atoms with Crippen LogP contribution >= 0.6 is 11.3 Å². The van der Waals surface area contributed by atoms with Crippen molar-refractivity contribution in [2.75, 3.05) is 37.3 Å². The van der Waals surface area contributed by atoms with Crippen molar-refractivity contribution in [1.82, 2.24) is 15.2 Å². The fourth-order valence-electron chi connectivity index (χ4n) is 4.05. The predicted octanol–water partition coefficient (Wildman–Crippen LogP) is 4.08. The summed E-state index contributed by atoms with van der Waals surface area (Å²) in [6.07, 6.45) is 4.15. The van der Waals surface area contributed by atoms with Gasteiger partial charge in [0.25, 0.3) is 0 Å². The molecule has 1 aliphatic carbocycles. The van der Waals surface area contributed by atoms with Gasteiger partial charge >= 0.3 is 6.03 Å². The largest absolute Gasteiger partial charge is 0.341 e. The summed E-state index contributed by atoms with van der Waals surface area (Å²) >= 11 is 1.27. The fourth-order valence-corrected chi connectivity index (χ4v) is 4.75. The van der Waals surface area contributed by atoms with Gasteiger partial charge in [0.15, 0.2) is 10.9 Å². The topological polar surface area (TPSA) is 103 Å². The Labute approximate surface area is 199 Å². The Balaban J connectivity index is 1.61. The quantitative estimate of drug-likeness (QED) is 0.453. The summed E-state index contributed by atoms with van der Waals surface area (Å²) in [5.41, 5.74) is 2.66. The van der Waals surface area contributed by atoms with Crippen LogP contribution in [0.5, 0.6) is 0 Å². The molecule has 0 unspecified atom stereocenters. The SMILES string of the molecule is CCN(CCNC)C(=O)Cc1csc(NC(=O)Nc2ccc(C)cc2C(=O)C2CCCC2)n1. The maximum absolute atomic E-state index is 13.0. The molecule has 0 aliphatic heterocycles. The van der Waals surface area contributed by atoms with E-state index in [-0.39, 0.29) is 24.0 Å². The molecular weight excluding hydrogens is 438 g/mol. The van der Waals surface area contributed by atoms with Crippen LogP contribution in [0, 0.1) is 12.8 Å². The van der Waals surface area contributed by atoms with Crippen molar-refractivity contribution in [2.45, 2.75) is 46.0 Å². The van der Waals surface area contributed by atoms with Crippen LogP contribution in [0.2, 0.25) is 0 Å². The Morgan fingerprint density at radius 2 is 1.94 bits per heavy atom. The Morgan fingerprint density at radius 3 is 2.64 bits per heavy atom. The molecular formula is C24H33N5O3S. The fraction of sp³-hybridized carbons (Fsp3) is 0.500. The van der Waals surface area contributed by atoms with Crippen molar-refractivity contribution in [2.24, 2.45) is 5.92 Å². The Morgan fingerprint density at radius 1 is 1.18 bits per heavy atom. The van der Waals surface area contributed by atoms with Crippen molar-refractivity contribution >= 4 is 39.9 Å². The number of aromatic nitrogens is 1. The van der Waals surface area contributed by atoms with E-state index in [4.69, 9.17) is 0 Å². The predicted molar refractivity (Wildman–Crippen MR) is 132 cm³/mol. The molecule has 1 aliphatic rings. The van der Waals surface area contributed by atoms with Gasteiger partial charge in [-0.1, -0.05) is 24.5 Å². The van der Waals surface area contributed by atoms with Gasteiger partial charge in [0.1, 0.15) is 0 Å². The Kier molecular flexibility index (Phi) is 8.96. The number of nitrogens with one attached hydrogen (secondary N) is 3. The number of thiazole rings is 1. The van der Waals surface area contributed by atoms with Crippen molar-refractivity contribution in [3.8, 4) is 0 Å². The first-order chi connectivity index (χ1) is 15.9. The number of rotatable bonds is 10. The molecule has 1 fully saturated rings. The number of hydrogen-bond donors (Lipinski definition) is 3. The maximum Gasteiger partial charge on any atom is 0.325 e. The molecule has 3 rings (SSSR count). The van der Waals surface area contributed by atoms with E-state index in [0.717, 1.165) is 37.8 Å². The molecule has 0 spiro atoms. The van der Waals surface area contributed by atoms with Crippen molar-refractivity contribution in [1.29, 1.82) is 0 Å². The molecule has 0 saturated heterocycles. The van der Waals surface area contributed by atoms with Crippen LogP contribution in [0.25, 0.3) is 0 Å². The van der Waals surface area contributed by atoms with Crippen LogP contribution in [-0.2, 0) is 11.2 Å². The number of aryl methyl sites for hydroxylation is 1. The monoisotopic (exact) mass is 471 g/mol. The average Bonchev–Trinajstić information content (AvgIpc) is 3.47. The van der Waals surface area contributed by atoms with E-state index < -0.39 is 6.03 Å². The summed E-state index contributed by atoms with van der Waals surface area (Å²) in [6.45, 7) is 5.89. The van der Waals surface area contributed by atoms with Crippen LogP contribution in [0.1, 0.15) is 54.2 Å². The standard InChI is InChI=1S/C24H33N5O3S/c1-4-29(12-11-25-3)21(30)14-18-15-33-24(26-18)28-23(32)27-20-10-9-16(2)13-19(20)22(31)17-7-5-6-8-17/h9-10,13,15,17,25H,4-8,11-12,14H2,1-3H3,(H2,26,27,28,32). The van der Waals surface area contributed by atoms with Gasteiger partial charge in [-0.05, 0) is 45.9 Å². The maximum atomic E-state index is 13.0. The highest BCUT2D eigenvalue weighted by molar-refractivity contribution is 7.14. The summed E-state index contributed by atoms with van der Waals surface area (Å²) in [5.74, 6) is 0.134. The van der Waals surface area contributed by atoms with Gasteiger partial charge in [0, 0.05) is 36.5 Å². The number of Topliss-reactive ketones (excluding diaryl/α,β-unsaturated/α-hetero) is 1. The molecule has 2 aromatic rings. The smallest absolute Gasteiger partial charge is 0.325 e. The minimum atomic E-state index is -0.462. The number of ketones is 1. The van der Waals surface area contributed by atoms with Crippen LogP contribution in [-0.4, -0.2) is 54.3 Å². The van der Waals surface area contributed by atoms with Crippen LogP contribution < -0.4 is 16.0 Å². The van der Waals surface area contributed by atoms with Crippen molar-refractivity contribution < 1.29 is 14.4 Å². The van der Waals surface area contributed by atoms with Gasteiger partial charge in [0.2, 0.25) is 5.91 Å². The molecule has 1 saturated carbocycles. The lowest BCUT2D eigenvalue weighted by Gasteiger charge is -2.20. The number of carbonyl (C=O) groups is 3. The highest BCUT2D eigenvalue weighted by Gasteiger charge is 2.26. The lowest BCUT2D eigenvalue weighted by atomic mass is 9.94. The van der Waals surface area contributed by atoms with Crippen LogP contribution in [0.4, 0.5) is 15.6 Å². The second-order valence-corrected chi connectivity index (χ2v) is 9.23. The molecule has 178 valence electrons. The third-order valence-electron chi connectivity index (χ3n) is 5.89. The van der Waals surface area contributed by atoms with Gasteiger partial charge < -0.3 is 15.5 Å². The average molecular weight is 472 g/mol. The number of hydrogen-bond acceptors (Lipinski definition) is 6. The van der Waals surface area contributed by atoms with E-state index >= 15 is 0 Å². The van der Waals surface area contributed by atoms with E-state index in [2.05, 4.69) is 20.9 Å². The summed E-state index contributed by atoms with van der Waals surface area (Å²) in [5, 5.41) is 10.8. The molecule has 33 heavy (non-hydrogen) atoms. The summed E-state index contributed by atoms with van der Waals surface area (Å²) in [7, 11) is 1.85. The zero-order valence-corrected chi connectivity index (χ0v) is 20.4. The molecule has 1 heterocycles. The van der Waals surface area contributed by atoms with E-state index in [1.807, 2.05) is 33.0 Å². The number of urea groups is 1. The number of benzene rings is 1.